The molecule has 0 aliphatic carbocycles. The molecule has 2 heterocycles. The first-order valence-corrected chi connectivity index (χ1v) is 6.24. The molecule has 4 N–H and O–H groups in total. The number of aromatic nitrogens is 3. The fraction of sp³-hybridized carbons (Fsp3) is 0.385. The van der Waals surface area contributed by atoms with Crippen molar-refractivity contribution in [3.8, 4) is 0 Å². The lowest BCUT2D eigenvalue weighted by molar-refractivity contribution is 0.423. The first kappa shape index (κ1) is 11.2. The molecule has 1 aromatic carbocycles. The third-order valence-electron chi connectivity index (χ3n) is 3.53. The predicted molar refractivity (Wildman–Crippen MR) is 69.8 cm³/mol. The molecule has 0 spiro atoms. The van der Waals surface area contributed by atoms with Crippen molar-refractivity contribution in [1.29, 1.82) is 0 Å². The lowest BCUT2D eigenvalue weighted by atomic mass is 9.91. The number of fused-ring (bicyclic) bond motifs is 1. The topological polar surface area (TPSA) is 82.8 Å². The van der Waals surface area contributed by atoms with Crippen LogP contribution >= 0.6 is 0 Å². The van der Waals surface area contributed by atoms with E-state index in [2.05, 4.69) is 34.3 Å². The quantitative estimate of drug-likeness (QED) is 0.826. The average molecular weight is 243 g/mol. The van der Waals surface area contributed by atoms with E-state index >= 15 is 0 Å². The van der Waals surface area contributed by atoms with E-state index in [0.717, 1.165) is 25.2 Å². The molecular weight excluding hydrogens is 226 g/mol. The van der Waals surface area contributed by atoms with Crippen LogP contribution in [0.15, 0.2) is 24.3 Å². The third-order valence-corrected chi connectivity index (χ3v) is 3.53. The molecule has 94 valence electrons. The van der Waals surface area contributed by atoms with Crippen molar-refractivity contribution < 1.29 is 0 Å². The minimum absolute atomic E-state index is 0.376. The van der Waals surface area contributed by atoms with Crippen molar-refractivity contribution >= 4 is 5.95 Å². The predicted octanol–water partition coefficient (Wildman–Crippen LogP) is 1.05. The van der Waals surface area contributed by atoms with Crippen molar-refractivity contribution in [1.82, 2.24) is 14.8 Å². The van der Waals surface area contributed by atoms with Crippen molar-refractivity contribution in [2.24, 2.45) is 5.73 Å². The largest absolute Gasteiger partial charge is 0.366 e. The van der Waals surface area contributed by atoms with E-state index < -0.39 is 0 Å². The van der Waals surface area contributed by atoms with E-state index in [4.69, 9.17) is 11.5 Å². The Kier molecular flexibility index (Phi) is 2.76. The molecule has 1 atom stereocenters. The van der Waals surface area contributed by atoms with Gasteiger partial charge in [0.25, 0.3) is 0 Å². The molecule has 0 fully saturated rings. The minimum Gasteiger partial charge on any atom is -0.366 e. The van der Waals surface area contributed by atoms with Crippen molar-refractivity contribution in [3.05, 3.63) is 41.2 Å². The molecule has 0 amide bonds. The lowest BCUT2D eigenvalue weighted by Gasteiger charge is -2.23. The van der Waals surface area contributed by atoms with Gasteiger partial charge in [0.1, 0.15) is 5.82 Å². The summed E-state index contributed by atoms with van der Waals surface area (Å²) >= 11 is 0. The summed E-state index contributed by atoms with van der Waals surface area (Å²) in [6.45, 7) is 1.44. The number of nitrogens with two attached hydrogens (primary N) is 2. The monoisotopic (exact) mass is 243 g/mol. The highest BCUT2D eigenvalue weighted by Gasteiger charge is 2.22. The Balaban J connectivity index is 1.86. The summed E-state index contributed by atoms with van der Waals surface area (Å²) in [5, 5.41) is 4.23. The fourth-order valence-corrected chi connectivity index (χ4v) is 2.57. The summed E-state index contributed by atoms with van der Waals surface area (Å²) in [4.78, 5) is 4.22. The van der Waals surface area contributed by atoms with E-state index in [1.165, 1.54) is 11.1 Å². The summed E-state index contributed by atoms with van der Waals surface area (Å²) in [5.41, 5.74) is 13.8. The second-order valence-electron chi connectivity index (χ2n) is 4.75. The fourth-order valence-electron chi connectivity index (χ4n) is 2.57. The Bertz CT molecular complexity index is 560. The van der Waals surface area contributed by atoms with Gasteiger partial charge in [0.05, 0.1) is 0 Å². The van der Waals surface area contributed by atoms with E-state index in [-0.39, 0.29) is 0 Å². The zero-order chi connectivity index (χ0) is 12.5. The molecule has 0 saturated heterocycles. The molecule has 1 aliphatic rings. The van der Waals surface area contributed by atoms with Crippen LogP contribution in [-0.2, 0) is 19.5 Å². The molecule has 0 radical (unpaired) electrons. The van der Waals surface area contributed by atoms with Gasteiger partial charge in [0.2, 0.25) is 5.95 Å². The van der Waals surface area contributed by atoms with Gasteiger partial charge in [-0.25, -0.2) is 4.68 Å². The van der Waals surface area contributed by atoms with Crippen molar-refractivity contribution in [2.75, 3.05) is 5.73 Å². The van der Waals surface area contributed by atoms with Gasteiger partial charge in [-0.15, -0.1) is 5.10 Å². The van der Waals surface area contributed by atoms with E-state index in [1.807, 2.05) is 4.68 Å². The maximum absolute atomic E-state index is 5.68. The van der Waals surface area contributed by atoms with Crippen LogP contribution in [-0.4, -0.2) is 14.8 Å². The summed E-state index contributed by atoms with van der Waals surface area (Å²) in [5.74, 6) is 1.85. The van der Waals surface area contributed by atoms with Crippen molar-refractivity contribution in [3.63, 3.8) is 0 Å². The molecule has 0 bridgehead atoms. The Labute approximate surface area is 106 Å². The highest BCUT2D eigenvalue weighted by atomic mass is 15.4. The Morgan fingerprint density at radius 3 is 3.11 bits per heavy atom. The van der Waals surface area contributed by atoms with Crippen LogP contribution < -0.4 is 11.5 Å². The minimum atomic E-state index is 0.376. The second kappa shape index (κ2) is 4.42. The number of rotatable bonds is 2. The summed E-state index contributed by atoms with van der Waals surface area (Å²) in [6.07, 6.45) is 2.02. The maximum atomic E-state index is 5.68. The number of nitrogens with zero attached hydrogens (tertiary/aromatic N) is 3. The first-order chi connectivity index (χ1) is 8.76. The number of aryl methyl sites for hydroxylation is 1. The van der Waals surface area contributed by atoms with Gasteiger partial charge < -0.3 is 11.5 Å². The Morgan fingerprint density at radius 2 is 2.28 bits per heavy atom. The number of hydrogen-bond donors (Lipinski definition) is 2. The molecule has 5 heteroatoms. The number of hydrogen-bond acceptors (Lipinski definition) is 4. The van der Waals surface area contributed by atoms with Gasteiger partial charge in [-0.05, 0) is 17.5 Å². The Morgan fingerprint density at radius 1 is 1.39 bits per heavy atom. The van der Waals surface area contributed by atoms with Gasteiger partial charge in [-0.1, -0.05) is 24.3 Å². The molecule has 1 aromatic heterocycles. The molecule has 0 saturated carbocycles. The third kappa shape index (κ3) is 1.97. The average Bonchev–Trinajstić information content (AvgIpc) is 2.77. The molecule has 5 nitrogen and oxygen atoms in total. The molecule has 1 unspecified atom stereocenters. The molecular formula is C13H17N5. The van der Waals surface area contributed by atoms with E-state index in [9.17, 15) is 0 Å². The summed E-state index contributed by atoms with van der Waals surface area (Å²) < 4.78 is 1.93. The highest BCUT2D eigenvalue weighted by Crippen LogP contribution is 2.28. The van der Waals surface area contributed by atoms with Gasteiger partial charge >= 0.3 is 0 Å². The van der Waals surface area contributed by atoms with Crippen LogP contribution in [0, 0.1) is 0 Å². The summed E-state index contributed by atoms with van der Waals surface area (Å²) in [7, 11) is 0. The molecule has 1 aliphatic heterocycles. The molecule has 18 heavy (non-hydrogen) atoms. The maximum Gasteiger partial charge on any atom is 0.239 e. The smallest absolute Gasteiger partial charge is 0.239 e. The number of anilines is 1. The second-order valence-corrected chi connectivity index (χ2v) is 4.75. The van der Waals surface area contributed by atoms with E-state index in [1.54, 1.807) is 0 Å². The normalized spacial score (nSPS) is 18.6. The van der Waals surface area contributed by atoms with E-state index in [0.29, 0.717) is 18.4 Å². The van der Waals surface area contributed by atoms with Crippen LogP contribution in [0.1, 0.15) is 29.3 Å². The van der Waals surface area contributed by atoms with Gasteiger partial charge in [0.15, 0.2) is 0 Å². The lowest BCUT2D eigenvalue weighted by Crippen LogP contribution is -2.20. The standard InChI is InChI=1S/C13H17N5/c14-7-9-2-1-3-10(6-9)11-4-5-12-16-13(15)17-18(12)8-11/h1-3,6,11H,4-5,7-8,14H2,(H2,15,17). The van der Waals surface area contributed by atoms with Crippen LogP contribution in [0.3, 0.4) is 0 Å². The van der Waals surface area contributed by atoms with Crippen LogP contribution in [0.4, 0.5) is 5.95 Å². The van der Waals surface area contributed by atoms with Crippen LogP contribution in [0.5, 0.6) is 0 Å². The first-order valence-electron chi connectivity index (χ1n) is 6.24. The van der Waals surface area contributed by atoms with Crippen LogP contribution in [0.25, 0.3) is 0 Å². The van der Waals surface area contributed by atoms with Crippen LogP contribution in [0.2, 0.25) is 0 Å². The SMILES string of the molecule is NCc1cccc(C2CCc3nc(N)nn3C2)c1. The van der Waals surface area contributed by atoms with Gasteiger partial charge in [-0.3, -0.25) is 0 Å². The van der Waals surface area contributed by atoms with Gasteiger partial charge in [0, 0.05) is 25.4 Å². The summed E-state index contributed by atoms with van der Waals surface area (Å²) in [6, 6.07) is 8.49. The number of benzene rings is 1. The highest BCUT2D eigenvalue weighted by molar-refractivity contribution is 5.27. The Hall–Kier alpha value is -1.88. The number of nitrogen functional groups attached to an aromatic ring is 1. The zero-order valence-corrected chi connectivity index (χ0v) is 10.2. The van der Waals surface area contributed by atoms with Crippen molar-refractivity contribution in [2.45, 2.75) is 31.8 Å². The zero-order valence-electron chi connectivity index (χ0n) is 10.2. The molecule has 3 rings (SSSR count). The molecule has 2 aromatic rings. The van der Waals surface area contributed by atoms with Gasteiger partial charge in [-0.2, -0.15) is 4.98 Å².